The van der Waals surface area contributed by atoms with Crippen LogP contribution in [0.5, 0.6) is 5.88 Å². The van der Waals surface area contributed by atoms with Gasteiger partial charge >= 0.3 is 0 Å². The Labute approximate surface area is 184 Å². The molecule has 0 aliphatic carbocycles. The van der Waals surface area contributed by atoms with Gasteiger partial charge in [0.15, 0.2) is 17.5 Å². The Hall–Kier alpha value is -3.07. The topological polar surface area (TPSA) is 83.4 Å². The summed E-state index contributed by atoms with van der Waals surface area (Å²) in [6.07, 6.45) is 2.02. The molecule has 2 aliphatic heterocycles. The molecule has 5 rings (SSSR count). The third-order valence-electron chi connectivity index (χ3n) is 6.47. The van der Waals surface area contributed by atoms with Gasteiger partial charge in [0.05, 0.1) is 24.4 Å². The van der Waals surface area contributed by atoms with Crippen LogP contribution in [0.1, 0.15) is 37.1 Å². The van der Waals surface area contributed by atoms with Crippen molar-refractivity contribution >= 4 is 22.4 Å². The van der Waals surface area contributed by atoms with Crippen LogP contribution in [0.2, 0.25) is 0 Å². The van der Waals surface area contributed by atoms with Crippen LogP contribution in [-0.2, 0) is 4.74 Å². The highest BCUT2D eigenvalue weighted by Gasteiger charge is 2.36. The summed E-state index contributed by atoms with van der Waals surface area (Å²) in [5.41, 5.74) is 1.88. The highest BCUT2D eigenvalue weighted by atomic mass is 19.2. The van der Waals surface area contributed by atoms with Gasteiger partial charge in [0.2, 0.25) is 5.88 Å². The minimum atomic E-state index is -0.900. The van der Waals surface area contributed by atoms with E-state index in [2.05, 4.69) is 25.4 Å². The zero-order valence-electron chi connectivity index (χ0n) is 18.0. The molecule has 0 amide bonds. The molecule has 32 heavy (non-hydrogen) atoms. The van der Waals surface area contributed by atoms with Crippen LogP contribution in [0, 0.1) is 24.5 Å². The van der Waals surface area contributed by atoms with Gasteiger partial charge in [-0.15, -0.1) is 5.10 Å². The van der Waals surface area contributed by atoms with E-state index in [4.69, 9.17) is 4.74 Å². The lowest BCUT2D eigenvalue weighted by atomic mass is 10.0. The van der Waals surface area contributed by atoms with Gasteiger partial charge in [-0.1, -0.05) is 12.1 Å². The van der Waals surface area contributed by atoms with Crippen molar-refractivity contribution in [2.45, 2.75) is 38.8 Å². The number of fused-ring (bicyclic) bond motifs is 3. The summed E-state index contributed by atoms with van der Waals surface area (Å²) in [6.45, 7) is 5.71. The molecule has 0 spiro atoms. The van der Waals surface area contributed by atoms with Crippen molar-refractivity contribution in [2.75, 3.05) is 30.0 Å². The number of rotatable bonds is 4. The summed E-state index contributed by atoms with van der Waals surface area (Å²) < 4.78 is 33.7. The molecule has 2 saturated heterocycles. The zero-order valence-corrected chi connectivity index (χ0v) is 18.0. The lowest BCUT2D eigenvalue weighted by molar-refractivity contribution is 0.125. The van der Waals surface area contributed by atoms with Gasteiger partial charge in [-0.25, -0.2) is 13.8 Å². The first-order chi connectivity index (χ1) is 15.4. The fraction of sp³-hybridized carbons (Fsp3) is 0.435. The first kappa shape index (κ1) is 20.8. The molecule has 3 atom stereocenters. The molecule has 0 radical (unpaired) electrons. The van der Waals surface area contributed by atoms with Crippen LogP contribution in [0.3, 0.4) is 0 Å². The number of aromatic nitrogens is 3. The largest absolute Gasteiger partial charge is 0.492 e. The SMILES string of the molecule is Cc1nnc(N[C@H](C)c2cccc(F)c2F)c2cc(N3CC4CCOCC3C4)c(O)nc12. The predicted octanol–water partition coefficient (Wildman–Crippen LogP) is 4.11. The molecular weight excluding hydrogens is 416 g/mol. The molecule has 2 aromatic heterocycles. The maximum Gasteiger partial charge on any atom is 0.235 e. The molecule has 2 aliphatic rings. The van der Waals surface area contributed by atoms with E-state index in [1.165, 1.54) is 12.1 Å². The molecule has 2 fully saturated rings. The van der Waals surface area contributed by atoms with Crippen LogP contribution in [0.15, 0.2) is 24.3 Å². The van der Waals surface area contributed by atoms with E-state index in [1.807, 2.05) is 6.07 Å². The van der Waals surface area contributed by atoms with Crippen molar-refractivity contribution in [1.29, 1.82) is 0 Å². The van der Waals surface area contributed by atoms with Crippen LogP contribution in [-0.4, -0.2) is 46.1 Å². The van der Waals surface area contributed by atoms with Gasteiger partial charge in [-0.3, -0.25) is 0 Å². The normalized spacial score (nSPS) is 21.6. The van der Waals surface area contributed by atoms with E-state index in [0.717, 1.165) is 32.1 Å². The van der Waals surface area contributed by atoms with E-state index in [0.29, 0.717) is 40.6 Å². The number of aromatic hydroxyl groups is 1. The van der Waals surface area contributed by atoms with Crippen molar-refractivity contribution < 1.29 is 18.6 Å². The fourth-order valence-electron chi connectivity index (χ4n) is 4.78. The van der Waals surface area contributed by atoms with Gasteiger partial charge in [0, 0.05) is 24.1 Å². The summed E-state index contributed by atoms with van der Waals surface area (Å²) >= 11 is 0. The van der Waals surface area contributed by atoms with Crippen molar-refractivity contribution in [1.82, 2.24) is 15.2 Å². The summed E-state index contributed by atoms with van der Waals surface area (Å²) in [5, 5.41) is 23.0. The Morgan fingerprint density at radius 2 is 2.12 bits per heavy atom. The molecule has 1 aromatic carbocycles. The Kier molecular flexibility index (Phi) is 5.28. The van der Waals surface area contributed by atoms with Crippen molar-refractivity contribution in [3.8, 4) is 5.88 Å². The van der Waals surface area contributed by atoms with Crippen molar-refractivity contribution in [2.24, 2.45) is 5.92 Å². The average molecular weight is 441 g/mol. The van der Waals surface area contributed by atoms with Crippen LogP contribution in [0.25, 0.3) is 10.9 Å². The minimum absolute atomic E-state index is 0.0602. The molecule has 4 heterocycles. The van der Waals surface area contributed by atoms with Gasteiger partial charge in [0.1, 0.15) is 11.2 Å². The zero-order chi connectivity index (χ0) is 22.4. The summed E-state index contributed by atoms with van der Waals surface area (Å²) in [4.78, 5) is 6.58. The number of benzene rings is 1. The van der Waals surface area contributed by atoms with E-state index < -0.39 is 17.7 Å². The second-order valence-corrected chi connectivity index (χ2v) is 8.64. The summed E-state index contributed by atoms with van der Waals surface area (Å²) in [5.74, 6) is -0.943. The monoisotopic (exact) mass is 441 g/mol. The smallest absolute Gasteiger partial charge is 0.235 e. The Bertz CT molecular complexity index is 1170. The quantitative estimate of drug-likeness (QED) is 0.631. The maximum absolute atomic E-state index is 14.3. The molecule has 2 N–H and O–H groups in total. The van der Waals surface area contributed by atoms with E-state index in [9.17, 15) is 13.9 Å². The Balaban J connectivity index is 1.54. The van der Waals surface area contributed by atoms with Gasteiger partial charge < -0.3 is 20.1 Å². The number of nitrogens with one attached hydrogen (secondary N) is 1. The van der Waals surface area contributed by atoms with Crippen molar-refractivity contribution in [3.63, 3.8) is 0 Å². The molecular formula is C23H25F2N5O2. The maximum atomic E-state index is 14.3. The first-order valence-corrected chi connectivity index (χ1v) is 10.8. The molecule has 9 heteroatoms. The van der Waals surface area contributed by atoms with Crippen molar-refractivity contribution in [3.05, 3.63) is 47.2 Å². The third-order valence-corrected chi connectivity index (χ3v) is 6.47. The molecule has 0 saturated carbocycles. The molecule has 7 nitrogen and oxygen atoms in total. The first-order valence-electron chi connectivity index (χ1n) is 10.8. The predicted molar refractivity (Wildman–Crippen MR) is 117 cm³/mol. The highest BCUT2D eigenvalue weighted by Crippen LogP contribution is 2.40. The number of hydrogen-bond acceptors (Lipinski definition) is 7. The molecule has 2 bridgehead atoms. The van der Waals surface area contributed by atoms with E-state index in [1.54, 1.807) is 13.8 Å². The van der Waals surface area contributed by atoms with Crippen LogP contribution < -0.4 is 10.2 Å². The fourth-order valence-corrected chi connectivity index (χ4v) is 4.78. The number of nitrogens with zero attached hydrogens (tertiary/aromatic N) is 4. The number of hydrogen-bond donors (Lipinski definition) is 2. The third kappa shape index (κ3) is 3.60. The summed E-state index contributed by atoms with van der Waals surface area (Å²) in [6, 6.07) is 5.56. The molecule has 168 valence electrons. The number of anilines is 2. The molecule has 3 aromatic rings. The van der Waals surface area contributed by atoms with E-state index in [-0.39, 0.29) is 17.5 Å². The van der Waals surface area contributed by atoms with Crippen LogP contribution >= 0.6 is 0 Å². The standard InChI is InChI=1S/C23H25F2N5O2/c1-12(16-4-3-5-18(24)20(16)25)26-22-17-9-19(23(31)27-21(17)13(2)28-29-22)30-10-14-6-7-32-11-15(30)8-14/h3-5,9,12,14-15H,6-8,10-11H2,1-2H3,(H,26,29)(H,27,31)/t12-,14?,15?/m1/s1. The summed E-state index contributed by atoms with van der Waals surface area (Å²) in [7, 11) is 0. The Morgan fingerprint density at radius 1 is 1.28 bits per heavy atom. The van der Waals surface area contributed by atoms with E-state index >= 15 is 0 Å². The molecule has 2 unspecified atom stereocenters. The number of pyridine rings is 1. The minimum Gasteiger partial charge on any atom is -0.492 e. The van der Waals surface area contributed by atoms with Gasteiger partial charge in [-0.2, -0.15) is 5.10 Å². The second kappa shape index (κ2) is 8.12. The van der Waals surface area contributed by atoms with Gasteiger partial charge in [-0.05, 0) is 44.7 Å². The lowest BCUT2D eigenvalue weighted by Gasteiger charge is -2.28. The number of halogens is 2. The Morgan fingerprint density at radius 3 is 2.97 bits per heavy atom. The number of aryl methyl sites for hydroxylation is 1. The number of ether oxygens (including phenoxy) is 1. The van der Waals surface area contributed by atoms with Gasteiger partial charge in [0.25, 0.3) is 0 Å². The average Bonchev–Trinajstić information content (AvgIpc) is 3.01. The van der Waals surface area contributed by atoms with Crippen LogP contribution in [0.4, 0.5) is 20.3 Å². The lowest BCUT2D eigenvalue weighted by Crippen LogP contribution is -2.34. The highest BCUT2D eigenvalue weighted by molar-refractivity contribution is 5.93. The second-order valence-electron chi connectivity index (χ2n) is 8.64.